The molecule has 0 heterocycles. The topological polar surface area (TPSA) is 85.9 Å². The average Bonchev–Trinajstić information content (AvgIpc) is 2.58. The number of nitrogens with one attached hydrogen (secondary N) is 2. The van der Waals surface area contributed by atoms with Gasteiger partial charge in [-0.2, -0.15) is 0 Å². The Bertz CT molecular complexity index is 451. The third kappa shape index (κ3) is 8.29. The minimum Gasteiger partial charge on any atom is -0.445 e. The van der Waals surface area contributed by atoms with Crippen LogP contribution >= 0.6 is 0 Å². The lowest BCUT2D eigenvalue weighted by Crippen LogP contribution is -2.44. The van der Waals surface area contributed by atoms with Crippen molar-refractivity contribution in [1.29, 1.82) is 0 Å². The van der Waals surface area contributed by atoms with Gasteiger partial charge in [0, 0.05) is 33.7 Å². The molecule has 1 atom stereocenters. The van der Waals surface area contributed by atoms with Gasteiger partial charge in [-0.15, -0.1) is 0 Å². The standard InChI is InChI=1S/C16H24N2O5/c1-21-15(22-2)11-17-10-14(8-9-19)18-16(20)23-12-13-6-4-3-5-7-13/h3-7,9,14-15,17H,8,10-12H2,1-2H3,(H,18,20). The first kappa shape index (κ1) is 19.1. The minimum atomic E-state index is -0.558. The maximum absolute atomic E-state index is 11.8. The lowest BCUT2D eigenvalue weighted by molar-refractivity contribution is -0.108. The number of ether oxygens (including phenoxy) is 3. The fraction of sp³-hybridized carbons (Fsp3) is 0.500. The van der Waals surface area contributed by atoms with Crippen LogP contribution < -0.4 is 10.6 Å². The molecule has 128 valence electrons. The smallest absolute Gasteiger partial charge is 0.407 e. The number of hydrogen-bond donors (Lipinski definition) is 2. The van der Waals surface area contributed by atoms with Crippen LogP contribution in [-0.2, 0) is 25.6 Å². The Labute approximate surface area is 136 Å². The van der Waals surface area contributed by atoms with Crippen molar-refractivity contribution < 1.29 is 23.8 Å². The number of aldehydes is 1. The summed E-state index contributed by atoms with van der Waals surface area (Å²) in [5.74, 6) is 0. The van der Waals surface area contributed by atoms with E-state index in [0.29, 0.717) is 13.1 Å². The normalized spacial score (nSPS) is 12.0. The summed E-state index contributed by atoms with van der Waals surface area (Å²) in [5, 5.41) is 5.73. The molecule has 0 bridgehead atoms. The highest BCUT2D eigenvalue weighted by atomic mass is 16.7. The minimum absolute atomic E-state index is 0.184. The molecule has 0 aromatic heterocycles. The summed E-state index contributed by atoms with van der Waals surface area (Å²) in [5.41, 5.74) is 0.899. The summed E-state index contributed by atoms with van der Waals surface area (Å²) in [4.78, 5) is 22.5. The predicted molar refractivity (Wildman–Crippen MR) is 84.9 cm³/mol. The number of hydrogen-bond acceptors (Lipinski definition) is 6. The lowest BCUT2D eigenvalue weighted by Gasteiger charge is -2.19. The van der Waals surface area contributed by atoms with E-state index in [-0.39, 0.29) is 25.4 Å². The van der Waals surface area contributed by atoms with Crippen LogP contribution in [0.5, 0.6) is 0 Å². The first-order valence-corrected chi connectivity index (χ1v) is 7.36. The molecule has 7 heteroatoms. The SMILES string of the molecule is COC(CNCC(CC=O)NC(=O)OCc1ccccc1)OC. The van der Waals surface area contributed by atoms with Gasteiger partial charge >= 0.3 is 6.09 Å². The van der Waals surface area contributed by atoms with Crippen molar-refractivity contribution in [3.05, 3.63) is 35.9 Å². The van der Waals surface area contributed by atoms with Gasteiger partial charge < -0.3 is 29.6 Å². The number of alkyl carbamates (subject to hydrolysis) is 1. The molecule has 1 unspecified atom stereocenters. The second-order valence-electron chi connectivity index (χ2n) is 4.86. The van der Waals surface area contributed by atoms with Crippen molar-refractivity contribution in [2.45, 2.75) is 25.4 Å². The van der Waals surface area contributed by atoms with Gasteiger partial charge in [-0.25, -0.2) is 4.79 Å². The summed E-state index contributed by atoms with van der Waals surface area (Å²) in [7, 11) is 3.08. The van der Waals surface area contributed by atoms with Crippen molar-refractivity contribution in [2.24, 2.45) is 0 Å². The second kappa shape index (κ2) is 11.6. The molecule has 0 spiro atoms. The first-order chi connectivity index (χ1) is 11.2. The van der Waals surface area contributed by atoms with E-state index in [1.54, 1.807) is 0 Å². The third-order valence-electron chi connectivity index (χ3n) is 3.14. The molecule has 0 radical (unpaired) electrons. The Hall–Kier alpha value is -1.96. The Morgan fingerprint density at radius 3 is 2.48 bits per heavy atom. The quantitative estimate of drug-likeness (QED) is 0.468. The van der Waals surface area contributed by atoms with Gasteiger partial charge in [0.05, 0.1) is 6.04 Å². The number of carbonyl (C=O) groups excluding carboxylic acids is 2. The molecule has 0 aliphatic heterocycles. The van der Waals surface area contributed by atoms with Gasteiger partial charge in [-0.05, 0) is 5.56 Å². The summed E-state index contributed by atoms with van der Waals surface area (Å²) in [6.45, 7) is 1.04. The highest BCUT2D eigenvalue weighted by molar-refractivity contribution is 5.68. The van der Waals surface area contributed by atoms with Crippen LogP contribution in [0, 0.1) is 0 Å². The van der Waals surface area contributed by atoms with E-state index >= 15 is 0 Å². The van der Waals surface area contributed by atoms with Crippen LogP contribution in [0.15, 0.2) is 30.3 Å². The molecule has 1 rings (SSSR count). The number of methoxy groups -OCH3 is 2. The molecule has 0 aliphatic rings. The van der Waals surface area contributed by atoms with E-state index in [9.17, 15) is 9.59 Å². The van der Waals surface area contributed by atoms with E-state index in [1.807, 2.05) is 30.3 Å². The summed E-state index contributed by atoms with van der Waals surface area (Å²) >= 11 is 0. The molecule has 0 aliphatic carbocycles. The molecule has 7 nitrogen and oxygen atoms in total. The predicted octanol–water partition coefficient (Wildman–Crippen LogP) is 1.08. The van der Waals surface area contributed by atoms with Crippen LogP contribution in [0.1, 0.15) is 12.0 Å². The van der Waals surface area contributed by atoms with Gasteiger partial charge in [-0.1, -0.05) is 30.3 Å². The highest BCUT2D eigenvalue weighted by Crippen LogP contribution is 2.01. The highest BCUT2D eigenvalue weighted by Gasteiger charge is 2.14. The first-order valence-electron chi connectivity index (χ1n) is 7.36. The molecule has 1 aromatic rings. The Kier molecular flexibility index (Phi) is 9.62. The maximum Gasteiger partial charge on any atom is 0.407 e. The van der Waals surface area contributed by atoms with Crippen LogP contribution in [0.25, 0.3) is 0 Å². The number of carbonyl (C=O) groups is 2. The molecule has 23 heavy (non-hydrogen) atoms. The molecular weight excluding hydrogens is 300 g/mol. The maximum atomic E-state index is 11.8. The molecule has 0 saturated heterocycles. The van der Waals surface area contributed by atoms with Crippen molar-refractivity contribution in [3.8, 4) is 0 Å². The fourth-order valence-electron chi connectivity index (χ4n) is 1.88. The van der Waals surface area contributed by atoms with E-state index in [1.165, 1.54) is 14.2 Å². The van der Waals surface area contributed by atoms with Gasteiger partial charge in [0.25, 0.3) is 0 Å². The van der Waals surface area contributed by atoms with E-state index in [0.717, 1.165) is 11.8 Å². The zero-order valence-corrected chi connectivity index (χ0v) is 13.5. The van der Waals surface area contributed by atoms with Crippen molar-refractivity contribution in [3.63, 3.8) is 0 Å². The van der Waals surface area contributed by atoms with Gasteiger partial charge in [0.1, 0.15) is 12.9 Å². The molecule has 2 N–H and O–H groups in total. The number of amides is 1. The van der Waals surface area contributed by atoms with E-state index in [4.69, 9.17) is 14.2 Å². The summed E-state index contributed by atoms with van der Waals surface area (Å²) in [6.07, 6.45) is 0.0147. The zero-order chi connectivity index (χ0) is 16.9. The average molecular weight is 324 g/mol. The zero-order valence-electron chi connectivity index (χ0n) is 13.5. The lowest BCUT2D eigenvalue weighted by atomic mass is 10.2. The van der Waals surface area contributed by atoms with Crippen LogP contribution in [0.4, 0.5) is 4.79 Å². The Morgan fingerprint density at radius 1 is 1.17 bits per heavy atom. The second-order valence-corrected chi connectivity index (χ2v) is 4.86. The van der Waals surface area contributed by atoms with Crippen LogP contribution in [0.3, 0.4) is 0 Å². The van der Waals surface area contributed by atoms with Crippen LogP contribution in [0.2, 0.25) is 0 Å². The largest absolute Gasteiger partial charge is 0.445 e. The molecule has 0 fully saturated rings. The summed E-state index contributed by atoms with van der Waals surface area (Å²) < 4.78 is 15.2. The van der Waals surface area contributed by atoms with Gasteiger partial charge in [0.2, 0.25) is 0 Å². The fourth-order valence-corrected chi connectivity index (χ4v) is 1.88. The summed E-state index contributed by atoms with van der Waals surface area (Å²) in [6, 6.07) is 9.02. The van der Waals surface area contributed by atoms with Gasteiger partial charge in [-0.3, -0.25) is 0 Å². The van der Waals surface area contributed by atoms with Crippen molar-refractivity contribution >= 4 is 12.4 Å². The van der Waals surface area contributed by atoms with Crippen molar-refractivity contribution in [2.75, 3.05) is 27.3 Å². The molecular formula is C16H24N2O5. The van der Waals surface area contributed by atoms with Gasteiger partial charge in [0.15, 0.2) is 6.29 Å². The molecule has 1 aromatic carbocycles. The number of benzene rings is 1. The van der Waals surface area contributed by atoms with Crippen LogP contribution in [-0.4, -0.2) is 52.0 Å². The Morgan fingerprint density at radius 2 is 1.87 bits per heavy atom. The molecule has 0 saturated carbocycles. The van der Waals surface area contributed by atoms with E-state index < -0.39 is 6.09 Å². The molecule has 1 amide bonds. The third-order valence-corrected chi connectivity index (χ3v) is 3.14. The monoisotopic (exact) mass is 324 g/mol. The number of rotatable bonds is 11. The Balaban J connectivity index is 2.33. The van der Waals surface area contributed by atoms with Crippen molar-refractivity contribution in [1.82, 2.24) is 10.6 Å². The van der Waals surface area contributed by atoms with E-state index in [2.05, 4.69) is 10.6 Å².